The molecular formula is C17H26N2O. The molecule has 3 heteroatoms. The molecule has 110 valence electrons. The Morgan fingerprint density at radius 1 is 1.45 bits per heavy atom. The van der Waals surface area contributed by atoms with Crippen molar-refractivity contribution in [1.29, 1.82) is 0 Å². The summed E-state index contributed by atoms with van der Waals surface area (Å²) >= 11 is 0. The Morgan fingerprint density at radius 2 is 2.30 bits per heavy atom. The molecule has 20 heavy (non-hydrogen) atoms. The van der Waals surface area contributed by atoms with E-state index in [1.54, 1.807) is 6.08 Å². The molecule has 1 saturated heterocycles. The number of rotatable bonds is 7. The van der Waals surface area contributed by atoms with Crippen LogP contribution in [-0.4, -0.2) is 37.2 Å². The Balaban J connectivity index is 1.88. The quantitative estimate of drug-likeness (QED) is 0.774. The Kier molecular flexibility index (Phi) is 6.09. The van der Waals surface area contributed by atoms with Crippen LogP contribution in [0.3, 0.4) is 0 Å². The van der Waals surface area contributed by atoms with Gasteiger partial charge in [0.1, 0.15) is 12.4 Å². The van der Waals surface area contributed by atoms with Gasteiger partial charge in [-0.15, -0.1) is 0 Å². The van der Waals surface area contributed by atoms with Crippen molar-refractivity contribution in [3.63, 3.8) is 0 Å². The molecule has 1 aliphatic heterocycles. The molecule has 0 bridgehead atoms. The molecule has 1 atom stereocenters. The van der Waals surface area contributed by atoms with Gasteiger partial charge < -0.3 is 15.0 Å². The molecule has 2 rings (SSSR count). The summed E-state index contributed by atoms with van der Waals surface area (Å²) in [7, 11) is 0. The molecule has 0 aromatic heterocycles. The lowest BCUT2D eigenvalue weighted by molar-refractivity contribution is 0.198. The Bertz CT molecular complexity index is 419. The number of hydrogen-bond donors (Lipinski definition) is 1. The SMILES string of the molecule is C=CCOc1ccccc1CNC1CCCN(CC)C1. The second-order valence-corrected chi connectivity index (χ2v) is 5.32. The van der Waals surface area contributed by atoms with Crippen LogP contribution in [0.1, 0.15) is 25.3 Å². The van der Waals surface area contributed by atoms with Gasteiger partial charge >= 0.3 is 0 Å². The van der Waals surface area contributed by atoms with Crippen molar-refractivity contribution in [2.45, 2.75) is 32.4 Å². The summed E-state index contributed by atoms with van der Waals surface area (Å²) < 4.78 is 5.70. The summed E-state index contributed by atoms with van der Waals surface area (Å²) in [5.74, 6) is 0.961. The number of para-hydroxylation sites is 1. The van der Waals surface area contributed by atoms with E-state index in [0.29, 0.717) is 12.6 Å². The molecule has 0 spiro atoms. The Morgan fingerprint density at radius 3 is 3.10 bits per heavy atom. The van der Waals surface area contributed by atoms with Gasteiger partial charge in [-0.2, -0.15) is 0 Å². The maximum atomic E-state index is 5.70. The number of likely N-dealkylation sites (N-methyl/N-ethyl adjacent to an activating group) is 1. The largest absolute Gasteiger partial charge is 0.489 e. The topological polar surface area (TPSA) is 24.5 Å². The molecule has 0 radical (unpaired) electrons. The first-order chi connectivity index (χ1) is 9.83. The molecule has 1 unspecified atom stereocenters. The summed E-state index contributed by atoms with van der Waals surface area (Å²) in [5, 5.41) is 3.67. The zero-order valence-electron chi connectivity index (χ0n) is 12.5. The highest BCUT2D eigenvalue weighted by Gasteiger charge is 2.18. The third kappa shape index (κ3) is 4.36. The van der Waals surface area contributed by atoms with Gasteiger partial charge in [0.15, 0.2) is 0 Å². The van der Waals surface area contributed by atoms with Gasteiger partial charge in [-0.3, -0.25) is 0 Å². The summed E-state index contributed by atoms with van der Waals surface area (Å²) in [5.41, 5.74) is 1.22. The molecule has 1 aromatic carbocycles. The van der Waals surface area contributed by atoms with Gasteiger partial charge in [0.05, 0.1) is 0 Å². The number of nitrogens with one attached hydrogen (secondary N) is 1. The highest BCUT2D eigenvalue weighted by Crippen LogP contribution is 2.18. The maximum absolute atomic E-state index is 5.70. The first kappa shape index (κ1) is 15.1. The van der Waals surface area contributed by atoms with Crippen molar-refractivity contribution in [1.82, 2.24) is 10.2 Å². The monoisotopic (exact) mass is 274 g/mol. The van der Waals surface area contributed by atoms with Gasteiger partial charge in [-0.25, -0.2) is 0 Å². The lowest BCUT2D eigenvalue weighted by Gasteiger charge is -2.32. The van der Waals surface area contributed by atoms with E-state index in [9.17, 15) is 0 Å². The lowest BCUT2D eigenvalue weighted by atomic mass is 10.1. The van der Waals surface area contributed by atoms with Crippen LogP contribution in [0.4, 0.5) is 0 Å². The van der Waals surface area contributed by atoms with Crippen LogP contribution >= 0.6 is 0 Å². The highest BCUT2D eigenvalue weighted by molar-refractivity contribution is 5.33. The maximum Gasteiger partial charge on any atom is 0.124 e. The minimum atomic E-state index is 0.560. The number of ether oxygens (including phenoxy) is 1. The smallest absolute Gasteiger partial charge is 0.124 e. The fourth-order valence-electron chi connectivity index (χ4n) is 2.70. The van der Waals surface area contributed by atoms with E-state index in [0.717, 1.165) is 25.4 Å². The minimum absolute atomic E-state index is 0.560. The summed E-state index contributed by atoms with van der Waals surface area (Å²) in [6.07, 6.45) is 4.34. The first-order valence-corrected chi connectivity index (χ1v) is 7.60. The molecule has 1 fully saturated rings. The van der Waals surface area contributed by atoms with E-state index in [2.05, 4.69) is 35.9 Å². The fraction of sp³-hybridized carbons (Fsp3) is 0.529. The molecule has 0 aliphatic carbocycles. The fourth-order valence-corrected chi connectivity index (χ4v) is 2.70. The third-order valence-corrected chi connectivity index (χ3v) is 3.86. The van der Waals surface area contributed by atoms with Crippen molar-refractivity contribution in [2.75, 3.05) is 26.2 Å². The second kappa shape index (κ2) is 8.08. The molecule has 1 N–H and O–H groups in total. The zero-order chi connectivity index (χ0) is 14.2. The molecule has 0 amide bonds. The number of likely N-dealkylation sites (tertiary alicyclic amines) is 1. The summed E-state index contributed by atoms with van der Waals surface area (Å²) in [4.78, 5) is 2.52. The van der Waals surface area contributed by atoms with E-state index in [-0.39, 0.29) is 0 Å². The van der Waals surface area contributed by atoms with Gasteiger partial charge in [0.25, 0.3) is 0 Å². The van der Waals surface area contributed by atoms with Crippen LogP contribution in [0.2, 0.25) is 0 Å². The van der Waals surface area contributed by atoms with Crippen LogP contribution in [-0.2, 0) is 6.54 Å². The van der Waals surface area contributed by atoms with Crippen molar-refractivity contribution in [3.05, 3.63) is 42.5 Å². The van der Waals surface area contributed by atoms with E-state index in [1.165, 1.54) is 24.9 Å². The Labute approximate surface area is 122 Å². The number of benzene rings is 1. The molecule has 1 aromatic rings. The van der Waals surface area contributed by atoms with Gasteiger partial charge in [0.2, 0.25) is 0 Å². The molecule has 3 nitrogen and oxygen atoms in total. The number of piperidine rings is 1. The first-order valence-electron chi connectivity index (χ1n) is 7.60. The van der Waals surface area contributed by atoms with Gasteiger partial charge in [0, 0.05) is 24.7 Å². The van der Waals surface area contributed by atoms with E-state index in [1.807, 2.05) is 12.1 Å². The van der Waals surface area contributed by atoms with E-state index in [4.69, 9.17) is 4.74 Å². The highest BCUT2D eigenvalue weighted by atomic mass is 16.5. The lowest BCUT2D eigenvalue weighted by Crippen LogP contribution is -2.45. The summed E-state index contributed by atoms with van der Waals surface area (Å²) in [6, 6.07) is 8.83. The van der Waals surface area contributed by atoms with Crippen molar-refractivity contribution >= 4 is 0 Å². The van der Waals surface area contributed by atoms with E-state index < -0.39 is 0 Å². The normalized spacial score (nSPS) is 19.8. The average molecular weight is 274 g/mol. The van der Waals surface area contributed by atoms with Crippen molar-refractivity contribution < 1.29 is 4.74 Å². The number of nitrogens with zero attached hydrogens (tertiary/aromatic N) is 1. The van der Waals surface area contributed by atoms with Crippen LogP contribution in [0, 0.1) is 0 Å². The summed E-state index contributed by atoms with van der Waals surface area (Å²) in [6.45, 7) is 10.9. The minimum Gasteiger partial charge on any atom is -0.489 e. The van der Waals surface area contributed by atoms with Crippen LogP contribution in [0.5, 0.6) is 5.75 Å². The zero-order valence-corrected chi connectivity index (χ0v) is 12.5. The van der Waals surface area contributed by atoms with Gasteiger partial charge in [-0.1, -0.05) is 37.8 Å². The number of hydrogen-bond acceptors (Lipinski definition) is 3. The van der Waals surface area contributed by atoms with Crippen LogP contribution in [0.15, 0.2) is 36.9 Å². The second-order valence-electron chi connectivity index (χ2n) is 5.32. The predicted molar refractivity (Wildman–Crippen MR) is 84.1 cm³/mol. The molecule has 1 aliphatic rings. The third-order valence-electron chi connectivity index (χ3n) is 3.86. The van der Waals surface area contributed by atoms with E-state index >= 15 is 0 Å². The molecule has 1 heterocycles. The van der Waals surface area contributed by atoms with Crippen molar-refractivity contribution in [2.24, 2.45) is 0 Å². The average Bonchev–Trinajstić information content (AvgIpc) is 2.52. The van der Waals surface area contributed by atoms with Gasteiger partial charge in [-0.05, 0) is 32.0 Å². The van der Waals surface area contributed by atoms with Crippen LogP contribution in [0.25, 0.3) is 0 Å². The molecule has 0 saturated carbocycles. The van der Waals surface area contributed by atoms with Crippen LogP contribution < -0.4 is 10.1 Å². The molecular weight excluding hydrogens is 248 g/mol. The predicted octanol–water partition coefficient (Wildman–Crippen LogP) is 2.83. The Hall–Kier alpha value is -1.32. The van der Waals surface area contributed by atoms with Crippen molar-refractivity contribution in [3.8, 4) is 5.75 Å². The standard InChI is InChI=1S/C17H26N2O/c1-3-12-20-17-10-6-5-8-15(17)13-18-16-9-7-11-19(4-2)14-16/h3,5-6,8,10,16,18H,1,4,7,9,11-14H2,2H3.